The van der Waals surface area contributed by atoms with Gasteiger partial charge in [-0.3, -0.25) is 4.79 Å². The number of rotatable bonds is 5. The fourth-order valence-electron chi connectivity index (χ4n) is 3.95. The molecule has 1 aromatic heterocycles. The van der Waals surface area contributed by atoms with Crippen molar-refractivity contribution in [2.75, 3.05) is 37.7 Å². The fourth-order valence-corrected chi connectivity index (χ4v) is 3.95. The highest BCUT2D eigenvalue weighted by molar-refractivity contribution is 5.94. The molecule has 1 amide bonds. The first-order valence-corrected chi connectivity index (χ1v) is 9.91. The molecule has 0 aromatic carbocycles. The minimum absolute atomic E-state index is 0.143. The molecule has 0 spiro atoms. The summed E-state index contributed by atoms with van der Waals surface area (Å²) in [6.45, 7) is 4.62. The van der Waals surface area contributed by atoms with Gasteiger partial charge in [0.25, 0.3) is 5.91 Å². The molecule has 4 rings (SSSR count). The third kappa shape index (κ3) is 4.14. The van der Waals surface area contributed by atoms with E-state index in [9.17, 15) is 4.79 Å². The summed E-state index contributed by atoms with van der Waals surface area (Å²) in [5, 5.41) is 0. The van der Waals surface area contributed by atoms with E-state index in [1.807, 2.05) is 12.1 Å². The Morgan fingerprint density at radius 2 is 1.96 bits per heavy atom. The van der Waals surface area contributed by atoms with Gasteiger partial charge in [-0.1, -0.05) is 12.8 Å². The Hall–Kier alpha value is -1.62. The van der Waals surface area contributed by atoms with Crippen molar-refractivity contribution in [1.29, 1.82) is 0 Å². The maximum absolute atomic E-state index is 13.0. The van der Waals surface area contributed by atoms with Crippen LogP contribution in [0.1, 0.15) is 55.3 Å². The lowest BCUT2D eigenvalue weighted by Gasteiger charge is -2.26. The van der Waals surface area contributed by atoms with E-state index in [1.54, 1.807) is 6.20 Å². The van der Waals surface area contributed by atoms with Crippen LogP contribution in [-0.4, -0.2) is 54.7 Å². The Balaban J connectivity index is 1.43. The van der Waals surface area contributed by atoms with Crippen molar-refractivity contribution in [3.05, 3.63) is 23.9 Å². The quantitative estimate of drug-likeness (QED) is 0.824. The highest BCUT2D eigenvalue weighted by atomic mass is 16.5. The second-order valence-corrected chi connectivity index (χ2v) is 7.72. The first kappa shape index (κ1) is 16.8. The minimum atomic E-state index is 0.143. The smallest absolute Gasteiger partial charge is 0.255 e. The van der Waals surface area contributed by atoms with Gasteiger partial charge in [0.15, 0.2) is 0 Å². The zero-order chi connectivity index (χ0) is 17.1. The molecule has 3 heterocycles. The van der Waals surface area contributed by atoms with Gasteiger partial charge in [0.1, 0.15) is 5.82 Å². The van der Waals surface area contributed by atoms with Crippen LogP contribution in [0.4, 0.5) is 5.82 Å². The van der Waals surface area contributed by atoms with E-state index >= 15 is 0 Å². The molecule has 5 nitrogen and oxygen atoms in total. The summed E-state index contributed by atoms with van der Waals surface area (Å²) in [6.07, 6.45) is 10.2. The number of pyridine rings is 1. The minimum Gasteiger partial charge on any atom is -0.381 e. The van der Waals surface area contributed by atoms with Crippen molar-refractivity contribution in [3.63, 3.8) is 0 Å². The summed E-state index contributed by atoms with van der Waals surface area (Å²) in [7, 11) is 0. The molecule has 0 unspecified atom stereocenters. The van der Waals surface area contributed by atoms with Gasteiger partial charge < -0.3 is 14.5 Å². The first-order valence-electron chi connectivity index (χ1n) is 9.91. The van der Waals surface area contributed by atoms with Gasteiger partial charge >= 0.3 is 0 Å². The molecule has 5 heteroatoms. The van der Waals surface area contributed by atoms with Crippen LogP contribution in [0.15, 0.2) is 18.3 Å². The molecule has 3 aliphatic rings. The van der Waals surface area contributed by atoms with Gasteiger partial charge in [0.2, 0.25) is 0 Å². The van der Waals surface area contributed by atoms with Crippen molar-refractivity contribution in [2.45, 2.75) is 51.0 Å². The summed E-state index contributed by atoms with van der Waals surface area (Å²) >= 11 is 0. The molecule has 136 valence electrons. The topological polar surface area (TPSA) is 45.7 Å². The van der Waals surface area contributed by atoms with E-state index in [0.717, 1.165) is 63.5 Å². The molecule has 25 heavy (non-hydrogen) atoms. The molecule has 1 aliphatic carbocycles. The van der Waals surface area contributed by atoms with Crippen LogP contribution in [-0.2, 0) is 4.74 Å². The zero-order valence-corrected chi connectivity index (χ0v) is 15.0. The standard InChI is InChI=1S/C20H29N3O2/c24-20(23(18-6-7-18)14-16-9-12-25-15-16)17-5-8-19(21-13-17)22-10-3-1-2-4-11-22/h5,8,13,16,18H,1-4,6-7,9-12,14-15H2/t16-/m1/s1. The normalized spacial score (nSPS) is 24.2. The molecular formula is C20H29N3O2. The molecule has 2 aliphatic heterocycles. The summed E-state index contributed by atoms with van der Waals surface area (Å²) in [5.41, 5.74) is 0.726. The Morgan fingerprint density at radius 1 is 1.16 bits per heavy atom. The van der Waals surface area contributed by atoms with Crippen LogP contribution in [0.25, 0.3) is 0 Å². The van der Waals surface area contributed by atoms with Crippen LogP contribution >= 0.6 is 0 Å². The van der Waals surface area contributed by atoms with Crippen molar-refractivity contribution >= 4 is 11.7 Å². The molecular weight excluding hydrogens is 314 g/mol. The van der Waals surface area contributed by atoms with E-state index in [-0.39, 0.29) is 5.91 Å². The van der Waals surface area contributed by atoms with Crippen molar-refractivity contribution in [2.24, 2.45) is 5.92 Å². The number of anilines is 1. The van der Waals surface area contributed by atoms with Crippen LogP contribution in [0.2, 0.25) is 0 Å². The Bertz CT molecular complexity index is 571. The molecule has 0 radical (unpaired) electrons. The lowest BCUT2D eigenvalue weighted by Crippen LogP contribution is -2.37. The molecule has 3 fully saturated rings. The number of hydrogen-bond acceptors (Lipinski definition) is 4. The molecule has 1 saturated carbocycles. The second-order valence-electron chi connectivity index (χ2n) is 7.72. The van der Waals surface area contributed by atoms with E-state index in [0.29, 0.717) is 12.0 Å². The number of carbonyl (C=O) groups excluding carboxylic acids is 1. The zero-order valence-electron chi connectivity index (χ0n) is 15.0. The summed E-state index contributed by atoms with van der Waals surface area (Å²) in [5.74, 6) is 1.65. The maximum atomic E-state index is 13.0. The highest BCUT2D eigenvalue weighted by Crippen LogP contribution is 2.30. The molecule has 0 bridgehead atoms. The molecule has 0 N–H and O–H groups in total. The van der Waals surface area contributed by atoms with E-state index in [2.05, 4.69) is 14.8 Å². The Labute approximate surface area is 150 Å². The summed E-state index contributed by atoms with van der Waals surface area (Å²) in [6, 6.07) is 4.43. The fraction of sp³-hybridized carbons (Fsp3) is 0.700. The SMILES string of the molecule is O=C(c1ccc(N2CCCCCC2)nc1)N(C[C@H]1CCOC1)C1CC1. The predicted octanol–water partition coefficient (Wildman–Crippen LogP) is 3.10. The van der Waals surface area contributed by atoms with E-state index in [4.69, 9.17) is 4.74 Å². The average molecular weight is 343 g/mol. The highest BCUT2D eigenvalue weighted by Gasteiger charge is 2.35. The average Bonchev–Trinajstić information content (AvgIpc) is 3.42. The van der Waals surface area contributed by atoms with Crippen LogP contribution in [0, 0.1) is 5.92 Å². The lowest BCUT2D eigenvalue weighted by molar-refractivity contribution is 0.0706. The molecule has 2 saturated heterocycles. The van der Waals surface area contributed by atoms with Gasteiger partial charge in [-0.15, -0.1) is 0 Å². The number of ether oxygens (including phenoxy) is 1. The van der Waals surface area contributed by atoms with Crippen molar-refractivity contribution in [1.82, 2.24) is 9.88 Å². The number of hydrogen-bond donors (Lipinski definition) is 0. The third-order valence-corrected chi connectivity index (χ3v) is 5.65. The number of amides is 1. The predicted molar refractivity (Wildman–Crippen MR) is 97.9 cm³/mol. The van der Waals surface area contributed by atoms with E-state index < -0.39 is 0 Å². The van der Waals surface area contributed by atoms with Gasteiger partial charge in [-0.25, -0.2) is 4.98 Å². The van der Waals surface area contributed by atoms with Crippen LogP contribution < -0.4 is 4.90 Å². The second kappa shape index (κ2) is 7.73. The van der Waals surface area contributed by atoms with Crippen LogP contribution in [0.3, 0.4) is 0 Å². The van der Waals surface area contributed by atoms with Gasteiger partial charge in [-0.05, 0) is 44.2 Å². The number of nitrogens with zero attached hydrogens (tertiary/aromatic N) is 3. The monoisotopic (exact) mass is 343 g/mol. The van der Waals surface area contributed by atoms with Crippen molar-refractivity contribution < 1.29 is 9.53 Å². The number of carbonyl (C=O) groups is 1. The Morgan fingerprint density at radius 3 is 2.56 bits per heavy atom. The van der Waals surface area contributed by atoms with Crippen LogP contribution in [0.5, 0.6) is 0 Å². The molecule has 1 aromatic rings. The molecule has 1 atom stereocenters. The maximum Gasteiger partial charge on any atom is 0.255 e. The van der Waals surface area contributed by atoms with Gasteiger partial charge in [-0.2, -0.15) is 0 Å². The largest absolute Gasteiger partial charge is 0.381 e. The van der Waals surface area contributed by atoms with E-state index in [1.165, 1.54) is 25.7 Å². The van der Waals surface area contributed by atoms with Crippen molar-refractivity contribution in [3.8, 4) is 0 Å². The van der Waals surface area contributed by atoms with Gasteiger partial charge in [0.05, 0.1) is 12.2 Å². The summed E-state index contributed by atoms with van der Waals surface area (Å²) < 4.78 is 5.48. The number of aromatic nitrogens is 1. The lowest BCUT2D eigenvalue weighted by atomic mass is 10.1. The van der Waals surface area contributed by atoms with Gasteiger partial charge in [0, 0.05) is 44.4 Å². The summed E-state index contributed by atoms with van der Waals surface area (Å²) in [4.78, 5) is 22.0. The first-order chi connectivity index (χ1) is 12.3. The Kier molecular flexibility index (Phi) is 5.20. The third-order valence-electron chi connectivity index (χ3n) is 5.65.